The van der Waals surface area contributed by atoms with Crippen LogP contribution in [0.25, 0.3) is 0 Å². The Balaban J connectivity index is 1.79. The summed E-state index contributed by atoms with van der Waals surface area (Å²) in [5.41, 5.74) is 0.834. The number of hydrogen-bond acceptors (Lipinski definition) is 5. The molecule has 0 aliphatic carbocycles. The second-order valence-corrected chi connectivity index (χ2v) is 9.62. The molecule has 0 saturated carbocycles. The Hall–Kier alpha value is -2.39. The maximum atomic E-state index is 12.4. The number of nitrogens with zero attached hydrogens (tertiary/aromatic N) is 1. The van der Waals surface area contributed by atoms with E-state index >= 15 is 0 Å². The van der Waals surface area contributed by atoms with Crippen molar-refractivity contribution < 1.29 is 22.7 Å². The van der Waals surface area contributed by atoms with E-state index in [0.717, 1.165) is 11.3 Å². The van der Waals surface area contributed by atoms with Crippen molar-refractivity contribution in [3.8, 4) is 5.75 Å². The van der Waals surface area contributed by atoms with Gasteiger partial charge in [0.2, 0.25) is 15.9 Å². The summed E-state index contributed by atoms with van der Waals surface area (Å²) in [6.45, 7) is 7.24. The first-order valence-corrected chi connectivity index (χ1v) is 11.8. The standard InChI is InChI=1S/C21H31N3O5S/c1-16(2)15-29-19-9-7-8-18(14-19)17(3)23-30(27,28)13-6-4-5-11-24-12-10-20(25)22-21(24)26/h4-5,7-9,14,16-17,23H,6,10-13,15H2,1-3H3,(H,22,25,26)/b5-4+. The van der Waals surface area contributed by atoms with Crippen molar-refractivity contribution >= 4 is 22.0 Å². The summed E-state index contributed by atoms with van der Waals surface area (Å²) < 4.78 is 33.2. The van der Waals surface area contributed by atoms with Crippen LogP contribution in [0.15, 0.2) is 36.4 Å². The maximum absolute atomic E-state index is 12.4. The molecule has 166 valence electrons. The SMILES string of the molecule is CC(C)COc1cccc(C(C)NS(=O)(=O)CC/C=C/CN2CCC(=O)NC2=O)c1. The molecule has 0 bridgehead atoms. The number of carbonyl (C=O) groups excluding carboxylic acids is 2. The van der Waals surface area contributed by atoms with Gasteiger partial charge < -0.3 is 9.64 Å². The zero-order valence-corrected chi connectivity index (χ0v) is 18.6. The number of ether oxygens (including phenoxy) is 1. The number of hydrogen-bond donors (Lipinski definition) is 2. The lowest BCUT2D eigenvalue weighted by Gasteiger charge is -2.25. The molecule has 1 aliphatic rings. The Morgan fingerprint density at radius 2 is 2.00 bits per heavy atom. The number of benzene rings is 1. The summed E-state index contributed by atoms with van der Waals surface area (Å²) in [6.07, 6.45) is 4.07. The van der Waals surface area contributed by atoms with Gasteiger partial charge >= 0.3 is 6.03 Å². The minimum absolute atomic E-state index is 0.0535. The molecular weight excluding hydrogens is 406 g/mol. The molecule has 3 amide bonds. The zero-order valence-electron chi connectivity index (χ0n) is 17.8. The number of rotatable bonds is 11. The summed E-state index contributed by atoms with van der Waals surface area (Å²) in [4.78, 5) is 24.2. The molecule has 30 heavy (non-hydrogen) atoms. The summed E-state index contributed by atoms with van der Waals surface area (Å²) in [6, 6.07) is 6.63. The van der Waals surface area contributed by atoms with Crippen molar-refractivity contribution in [3.63, 3.8) is 0 Å². The van der Waals surface area contributed by atoms with E-state index in [2.05, 4.69) is 23.9 Å². The molecule has 2 N–H and O–H groups in total. The number of allylic oxidation sites excluding steroid dienone is 1. The number of carbonyl (C=O) groups is 2. The Morgan fingerprint density at radius 1 is 1.23 bits per heavy atom. The molecule has 1 fully saturated rings. The average Bonchev–Trinajstić information content (AvgIpc) is 2.67. The molecule has 8 nitrogen and oxygen atoms in total. The van der Waals surface area contributed by atoms with Crippen LogP contribution in [-0.2, 0) is 14.8 Å². The van der Waals surface area contributed by atoms with Crippen LogP contribution >= 0.6 is 0 Å². The van der Waals surface area contributed by atoms with Crippen molar-refractivity contribution in [3.05, 3.63) is 42.0 Å². The van der Waals surface area contributed by atoms with E-state index in [-0.39, 0.29) is 24.1 Å². The van der Waals surface area contributed by atoms with Crippen LogP contribution in [-0.4, -0.2) is 50.7 Å². The van der Waals surface area contributed by atoms with Crippen LogP contribution in [0.4, 0.5) is 4.79 Å². The van der Waals surface area contributed by atoms with Gasteiger partial charge in [-0.1, -0.05) is 38.1 Å². The fraction of sp³-hybridized carbons (Fsp3) is 0.524. The number of amides is 3. The van der Waals surface area contributed by atoms with E-state index in [0.29, 0.717) is 32.0 Å². The zero-order chi connectivity index (χ0) is 22.1. The average molecular weight is 438 g/mol. The third kappa shape index (κ3) is 8.16. The molecule has 0 radical (unpaired) electrons. The largest absolute Gasteiger partial charge is 0.493 e. The predicted octanol–water partition coefficient (Wildman–Crippen LogP) is 2.59. The van der Waals surface area contributed by atoms with Crippen LogP contribution < -0.4 is 14.8 Å². The highest BCUT2D eigenvalue weighted by Gasteiger charge is 2.21. The molecule has 1 aromatic carbocycles. The molecule has 1 saturated heterocycles. The van der Waals surface area contributed by atoms with Gasteiger partial charge in [-0.25, -0.2) is 17.9 Å². The van der Waals surface area contributed by atoms with Gasteiger partial charge in [-0.05, 0) is 37.0 Å². The quantitative estimate of drug-likeness (QED) is 0.518. The van der Waals surface area contributed by atoms with E-state index in [1.165, 1.54) is 4.90 Å². The molecule has 1 heterocycles. The first-order chi connectivity index (χ1) is 14.2. The van der Waals surface area contributed by atoms with Crippen molar-refractivity contribution in [1.82, 2.24) is 14.9 Å². The Morgan fingerprint density at radius 3 is 2.70 bits per heavy atom. The van der Waals surface area contributed by atoms with E-state index in [1.54, 1.807) is 19.1 Å². The lowest BCUT2D eigenvalue weighted by molar-refractivity contribution is -0.121. The fourth-order valence-corrected chi connectivity index (χ4v) is 4.09. The van der Waals surface area contributed by atoms with Gasteiger partial charge in [0, 0.05) is 25.6 Å². The first kappa shape index (κ1) is 23.9. The number of urea groups is 1. The fourth-order valence-electron chi connectivity index (χ4n) is 2.85. The van der Waals surface area contributed by atoms with Gasteiger partial charge in [0.05, 0.1) is 12.4 Å². The monoisotopic (exact) mass is 437 g/mol. The van der Waals surface area contributed by atoms with Gasteiger partial charge in [-0.3, -0.25) is 10.1 Å². The van der Waals surface area contributed by atoms with Crippen molar-refractivity contribution in [2.24, 2.45) is 5.92 Å². The second kappa shape index (κ2) is 11.1. The molecule has 0 spiro atoms. The number of nitrogens with one attached hydrogen (secondary N) is 2. The minimum atomic E-state index is -3.47. The first-order valence-electron chi connectivity index (χ1n) is 10.1. The molecule has 1 unspecified atom stereocenters. The van der Waals surface area contributed by atoms with Crippen molar-refractivity contribution in [1.29, 1.82) is 0 Å². The predicted molar refractivity (Wildman–Crippen MR) is 116 cm³/mol. The Labute approximate surface area is 178 Å². The van der Waals surface area contributed by atoms with Crippen molar-refractivity contribution in [2.45, 2.75) is 39.7 Å². The number of imide groups is 1. The number of sulfonamides is 1. The highest BCUT2D eigenvalue weighted by Crippen LogP contribution is 2.20. The lowest BCUT2D eigenvalue weighted by Crippen LogP contribution is -2.49. The van der Waals surface area contributed by atoms with Gasteiger partial charge in [0.15, 0.2) is 0 Å². The summed E-state index contributed by atoms with van der Waals surface area (Å²) in [5, 5.41) is 2.25. The third-order valence-electron chi connectivity index (χ3n) is 4.49. The van der Waals surface area contributed by atoms with Crippen LogP contribution in [0.5, 0.6) is 5.75 Å². The smallest absolute Gasteiger partial charge is 0.324 e. The summed E-state index contributed by atoms with van der Waals surface area (Å²) in [7, 11) is -3.47. The minimum Gasteiger partial charge on any atom is -0.493 e. The molecule has 1 aliphatic heterocycles. The van der Waals surface area contributed by atoms with E-state index in [1.807, 2.05) is 24.3 Å². The molecular formula is C21H31N3O5S. The van der Waals surface area contributed by atoms with Crippen molar-refractivity contribution in [2.75, 3.05) is 25.4 Å². The molecule has 1 atom stereocenters. The lowest BCUT2D eigenvalue weighted by atomic mass is 10.1. The Bertz CT molecular complexity index is 867. The van der Waals surface area contributed by atoms with Crippen LogP contribution in [0.3, 0.4) is 0 Å². The maximum Gasteiger partial charge on any atom is 0.324 e. The van der Waals surface area contributed by atoms with Gasteiger partial charge in [-0.2, -0.15) is 0 Å². The molecule has 1 aromatic rings. The third-order valence-corrected chi connectivity index (χ3v) is 5.97. The molecule has 0 aromatic heterocycles. The van der Waals surface area contributed by atoms with Crippen LogP contribution in [0.2, 0.25) is 0 Å². The van der Waals surface area contributed by atoms with E-state index < -0.39 is 16.1 Å². The summed E-state index contributed by atoms with van der Waals surface area (Å²) in [5.74, 6) is 0.800. The molecule has 2 rings (SSSR count). The highest BCUT2D eigenvalue weighted by atomic mass is 32.2. The molecule has 9 heteroatoms. The normalized spacial score (nSPS) is 16.2. The van der Waals surface area contributed by atoms with Gasteiger partial charge in [0.1, 0.15) is 5.75 Å². The van der Waals surface area contributed by atoms with Crippen LogP contribution in [0.1, 0.15) is 45.2 Å². The van der Waals surface area contributed by atoms with E-state index in [4.69, 9.17) is 4.74 Å². The Kier molecular flexibility index (Phi) is 8.86. The summed E-state index contributed by atoms with van der Waals surface area (Å²) >= 11 is 0. The van der Waals surface area contributed by atoms with E-state index in [9.17, 15) is 18.0 Å². The van der Waals surface area contributed by atoms with Gasteiger partial charge in [-0.15, -0.1) is 0 Å². The highest BCUT2D eigenvalue weighted by molar-refractivity contribution is 7.89. The van der Waals surface area contributed by atoms with Gasteiger partial charge in [0.25, 0.3) is 0 Å². The second-order valence-electron chi connectivity index (χ2n) is 7.75. The topological polar surface area (TPSA) is 105 Å². The van der Waals surface area contributed by atoms with Crippen LogP contribution in [0, 0.1) is 5.92 Å².